The maximum Gasteiger partial charge on any atom is 0.209 e. The minimum atomic E-state index is 0.176. The van der Waals surface area contributed by atoms with E-state index in [0.29, 0.717) is 5.90 Å². The molecule has 1 aromatic rings. The van der Waals surface area contributed by atoms with Gasteiger partial charge in [0.2, 0.25) is 5.90 Å². The Morgan fingerprint density at radius 1 is 1.22 bits per heavy atom. The average Bonchev–Trinajstić information content (AvgIpc) is 2.70. The van der Waals surface area contributed by atoms with Gasteiger partial charge in [-0.15, -0.1) is 0 Å². The Bertz CT molecular complexity index is 438. The summed E-state index contributed by atoms with van der Waals surface area (Å²) < 4.78 is 5.58. The van der Waals surface area contributed by atoms with Crippen LogP contribution in [0.25, 0.3) is 6.08 Å². The van der Waals surface area contributed by atoms with Crippen LogP contribution in [0.15, 0.2) is 29.4 Å². The molecule has 2 atom stereocenters. The minimum absolute atomic E-state index is 0.176. The zero-order chi connectivity index (χ0) is 13.5. The van der Waals surface area contributed by atoms with Crippen LogP contribution in [0.1, 0.15) is 39.0 Å². The van der Waals surface area contributed by atoms with Crippen molar-refractivity contribution in [1.82, 2.24) is 4.98 Å². The lowest BCUT2D eigenvalue weighted by molar-refractivity contribution is 0.220. The number of hydrogen-bond donors (Lipinski definition) is 0. The van der Waals surface area contributed by atoms with Crippen LogP contribution in [0, 0.1) is 6.92 Å². The van der Waals surface area contributed by atoms with Crippen LogP contribution in [0.2, 0.25) is 0 Å². The Labute approximate surface area is 110 Å². The number of aromatic nitrogens is 1. The average molecular weight is 246 g/mol. The van der Waals surface area contributed by atoms with E-state index in [2.05, 4.69) is 16.9 Å². The van der Waals surface area contributed by atoms with E-state index in [1.54, 1.807) is 6.20 Å². The Morgan fingerprint density at radius 2 is 1.94 bits per heavy atom. The van der Waals surface area contributed by atoms with Crippen molar-refractivity contribution >= 4 is 12.0 Å². The number of hydrogen-bond acceptors (Lipinski definition) is 3. The SMILES string of the molecule is CC.Cc1ncccc1/C=C/C1=NC(C)C(C)O1. The number of nitrogens with zero attached hydrogens (tertiary/aromatic N) is 2. The number of pyridine rings is 1. The van der Waals surface area contributed by atoms with E-state index in [0.717, 1.165) is 11.3 Å². The second kappa shape index (κ2) is 6.94. The van der Waals surface area contributed by atoms with Gasteiger partial charge >= 0.3 is 0 Å². The summed E-state index contributed by atoms with van der Waals surface area (Å²) in [6.07, 6.45) is 5.87. The van der Waals surface area contributed by atoms with Crippen LogP contribution in [0.3, 0.4) is 0 Å². The van der Waals surface area contributed by atoms with Gasteiger partial charge in [0.25, 0.3) is 0 Å². The van der Waals surface area contributed by atoms with Crippen molar-refractivity contribution in [3.63, 3.8) is 0 Å². The third kappa shape index (κ3) is 3.69. The molecular formula is C15H22N2O. The van der Waals surface area contributed by atoms with Gasteiger partial charge in [-0.1, -0.05) is 19.9 Å². The second-order valence-corrected chi connectivity index (χ2v) is 4.04. The summed E-state index contributed by atoms with van der Waals surface area (Å²) >= 11 is 0. The van der Waals surface area contributed by atoms with Crippen molar-refractivity contribution in [3.05, 3.63) is 35.7 Å². The highest BCUT2D eigenvalue weighted by molar-refractivity contribution is 5.93. The zero-order valence-electron chi connectivity index (χ0n) is 11.8. The van der Waals surface area contributed by atoms with Gasteiger partial charge in [0.15, 0.2) is 0 Å². The molecular weight excluding hydrogens is 224 g/mol. The van der Waals surface area contributed by atoms with E-state index in [1.165, 1.54) is 0 Å². The van der Waals surface area contributed by atoms with Crippen LogP contribution >= 0.6 is 0 Å². The Morgan fingerprint density at radius 3 is 2.50 bits per heavy atom. The van der Waals surface area contributed by atoms with Crippen LogP contribution in [0.4, 0.5) is 0 Å². The lowest BCUT2D eigenvalue weighted by atomic mass is 10.2. The number of ether oxygens (including phenoxy) is 1. The standard InChI is InChI=1S/C13H16N2O.C2H6/c1-9-11(3)16-13(15-9)7-6-12-5-4-8-14-10(12)2;1-2/h4-9,11H,1-3H3;1-2H3/b7-6+;. The summed E-state index contributed by atoms with van der Waals surface area (Å²) in [6.45, 7) is 10.1. The second-order valence-electron chi connectivity index (χ2n) is 4.04. The van der Waals surface area contributed by atoms with Gasteiger partial charge in [-0.25, -0.2) is 4.99 Å². The summed E-state index contributed by atoms with van der Waals surface area (Å²) in [5, 5.41) is 0. The zero-order valence-corrected chi connectivity index (χ0v) is 11.8. The first kappa shape index (κ1) is 14.4. The van der Waals surface area contributed by atoms with Gasteiger partial charge in [-0.2, -0.15) is 0 Å². The summed E-state index contributed by atoms with van der Waals surface area (Å²) in [4.78, 5) is 8.62. The molecule has 0 bridgehead atoms. The first-order valence-electron chi connectivity index (χ1n) is 6.51. The van der Waals surface area contributed by atoms with Gasteiger partial charge in [0, 0.05) is 18.0 Å². The molecule has 98 valence electrons. The topological polar surface area (TPSA) is 34.5 Å². The molecule has 0 N–H and O–H groups in total. The van der Waals surface area contributed by atoms with Crippen molar-refractivity contribution in [1.29, 1.82) is 0 Å². The Hall–Kier alpha value is -1.64. The maximum atomic E-state index is 5.58. The Kier molecular flexibility index (Phi) is 5.56. The van der Waals surface area contributed by atoms with Crippen molar-refractivity contribution in [2.45, 2.75) is 46.8 Å². The molecule has 0 saturated carbocycles. The highest BCUT2D eigenvalue weighted by atomic mass is 16.5. The predicted octanol–water partition coefficient (Wildman–Crippen LogP) is 3.64. The summed E-state index contributed by atoms with van der Waals surface area (Å²) in [5.41, 5.74) is 2.11. The molecule has 0 radical (unpaired) electrons. The van der Waals surface area contributed by atoms with E-state index in [-0.39, 0.29) is 12.1 Å². The van der Waals surface area contributed by atoms with E-state index < -0.39 is 0 Å². The van der Waals surface area contributed by atoms with Gasteiger partial charge in [-0.05, 0) is 38.5 Å². The smallest absolute Gasteiger partial charge is 0.209 e. The predicted molar refractivity (Wildman–Crippen MR) is 76.8 cm³/mol. The van der Waals surface area contributed by atoms with E-state index >= 15 is 0 Å². The van der Waals surface area contributed by atoms with Crippen LogP contribution in [-0.2, 0) is 4.74 Å². The van der Waals surface area contributed by atoms with Crippen LogP contribution in [-0.4, -0.2) is 23.0 Å². The third-order valence-corrected chi connectivity index (χ3v) is 2.77. The molecule has 2 unspecified atom stereocenters. The van der Waals surface area contributed by atoms with Crippen molar-refractivity contribution in [3.8, 4) is 0 Å². The highest BCUT2D eigenvalue weighted by Crippen LogP contribution is 2.14. The molecule has 0 saturated heterocycles. The minimum Gasteiger partial charge on any atom is -0.473 e. The van der Waals surface area contributed by atoms with E-state index in [1.807, 2.05) is 52.0 Å². The van der Waals surface area contributed by atoms with Crippen LogP contribution < -0.4 is 0 Å². The Balaban J connectivity index is 0.000000771. The molecule has 1 aromatic heterocycles. The van der Waals surface area contributed by atoms with Gasteiger partial charge in [0.05, 0.1) is 6.04 Å². The molecule has 0 aliphatic carbocycles. The fraction of sp³-hybridized carbons (Fsp3) is 0.467. The quantitative estimate of drug-likeness (QED) is 0.798. The highest BCUT2D eigenvalue weighted by Gasteiger charge is 2.20. The van der Waals surface area contributed by atoms with Crippen molar-refractivity contribution in [2.75, 3.05) is 0 Å². The van der Waals surface area contributed by atoms with Gasteiger partial charge in [-0.3, -0.25) is 4.98 Å². The summed E-state index contributed by atoms with van der Waals surface area (Å²) in [6, 6.07) is 4.20. The van der Waals surface area contributed by atoms with E-state index in [9.17, 15) is 0 Å². The molecule has 0 fully saturated rings. The van der Waals surface area contributed by atoms with Gasteiger partial charge in [0.1, 0.15) is 6.10 Å². The fourth-order valence-electron chi connectivity index (χ4n) is 1.54. The lowest BCUT2D eigenvalue weighted by Gasteiger charge is -2.05. The molecule has 2 rings (SSSR count). The molecule has 0 amide bonds. The molecule has 1 aliphatic heterocycles. The number of aryl methyl sites for hydroxylation is 1. The largest absolute Gasteiger partial charge is 0.473 e. The monoisotopic (exact) mass is 246 g/mol. The summed E-state index contributed by atoms with van der Waals surface area (Å²) in [7, 11) is 0. The molecule has 0 aromatic carbocycles. The summed E-state index contributed by atoms with van der Waals surface area (Å²) in [5.74, 6) is 0.711. The number of rotatable bonds is 2. The molecule has 3 heteroatoms. The van der Waals surface area contributed by atoms with Crippen LogP contribution in [0.5, 0.6) is 0 Å². The third-order valence-electron chi connectivity index (χ3n) is 2.77. The lowest BCUT2D eigenvalue weighted by Crippen LogP contribution is -2.14. The normalized spacial score (nSPS) is 22.2. The molecule has 18 heavy (non-hydrogen) atoms. The molecule has 2 heterocycles. The molecule has 0 spiro atoms. The van der Waals surface area contributed by atoms with E-state index in [4.69, 9.17) is 4.74 Å². The van der Waals surface area contributed by atoms with Gasteiger partial charge < -0.3 is 4.74 Å². The fourth-order valence-corrected chi connectivity index (χ4v) is 1.54. The molecule has 3 nitrogen and oxygen atoms in total. The molecule has 1 aliphatic rings. The first-order valence-corrected chi connectivity index (χ1v) is 6.51. The van der Waals surface area contributed by atoms with Crippen molar-refractivity contribution < 1.29 is 4.74 Å². The first-order chi connectivity index (χ1) is 8.66. The maximum absolute atomic E-state index is 5.58. The van der Waals surface area contributed by atoms with Crippen molar-refractivity contribution in [2.24, 2.45) is 4.99 Å². The number of aliphatic imine (C=N–C) groups is 1.